The van der Waals surface area contributed by atoms with Crippen LogP contribution in [0.5, 0.6) is 11.6 Å². The zero-order valence-electron chi connectivity index (χ0n) is 13.6. The summed E-state index contributed by atoms with van der Waals surface area (Å²) < 4.78 is 5.63. The summed E-state index contributed by atoms with van der Waals surface area (Å²) in [6, 6.07) is 13.4. The van der Waals surface area contributed by atoms with E-state index in [1.807, 2.05) is 6.07 Å². The van der Waals surface area contributed by atoms with Gasteiger partial charge in [0.25, 0.3) is 5.91 Å². The summed E-state index contributed by atoms with van der Waals surface area (Å²) in [5.41, 5.74) is 1.09. The number of ether oxygens (including phenoxy) is 1. The summed E-state index contributed by atoms with van der Waals surface area (Å²) in [5.74, 6) is 0.862. The number of nitrogens with zero attached hydrogens (tertiary/aromatic N) is 2. The first-order valence-corrected chi connectivity index (χ1v) is 8.42. The van der Waals surface area contributed by atoms with Crippen LogP contribution in [0.2, 0.25) is 0 Å². The zero-order chi connectivity index (χ0) is 17.2. The van der Waals surface area contributed by atoms with Crippen molar-refractivity contribution in [2.45, 2.75) is 37.4 Å². The molecule has 6 heteroatoms. The first kappa shape index (κ1) is 15.6. The minimum absolute atomic E-state index is 0.0597. The van der Waals surface area contributed by atoms with Gasteiger partial charge in [0.1, 0.15) is 5.75 Å². The molecule has 2 bridgehead atoms. The lowest BCUT2D eigenvalue weighted by Gasteiger charge is -2.21. The molecule has 126 valence electrons. The van der Waals surface area contributed by atoms with Crippen LogP contribution in [-0.2, 0) is 0 Å². The fourth-order valence-corrected chi connectivity index (χ4v) is 3.57. The van der Waals surface area contributed by atoms with E-state index in [0.29, 0.717) is 34.8 Å². The van der Waals surface area contributed by atoms with Gasteiger partial charge in [0.2, 0.25) is 5.88 Å². The summed E-state index contributed by atoms with van der Waals surface area (Å²) in [6.45, 7) is 0. The topological polar surface area (TPSA) is 87.0 Å². The first-order chi connectivity index (χ1) is 12.2. The van der Waals surface area contributed by atoms with Crippen LogP contribution < -0.4 is 15.4 Å². The highest BCUT2D eigenvalue weighted by molar-refractivity contribution is 5.94. The number of hydrogen-bond acceptors (Lipinski definition) is 5. The average Bonchev–Trinajstić information content (AvgIpc) is 3.25. The van der Waals surface area contributed by atoms with Crippen molar-refractivity contribution in [2.75, 3.05) is 0 Å². The van der Waals surface area contributed by atoms with E-state index in [1.54, 1.807) is 36.4 Å². The van der Waals surface area contributed by atoms with Crippen LogP contribution in [0.4, 0.5) is 0 Å². The molecule has 0 unspecified atom stereocenters. The Balaban J connectivity index is 1.39. The molecular weight excluding hydrogens is 316 g/mol. The molecular formula is C19H18N4O2. The first-order valence-electron chi connectivity index (χ1n) is 8.42. The molecule has 1 aromatic heterocycles. The number of carbonyl (C=O) groups excluding carboxylic acids is 1. The molecule has 1 amide bonds. The van der Waals surface area contributed by atoms with Gasteiger partial charge in [-0.25, -0.2) is 4.98 Å². The normalized spacial score (nSPS) is 23.9. The third-order valence-electron chi connectivity index (χ3n) is 4.82. The van der Waals surface area contributed by atoms with Gasteiger partial charge >= 0.3 is 0 Å². The number of fused-ring (bicyclic) bond motifs is 2. The van der Waals surface area contributed by atoms with Gasteiger partial charge in [0.05, 0.1) is 11.6 Å². The Morgan fingerprint density at radius 3 is 2.80 bits per heavy atom. The van der Waals surface area contributed by atoms with Gasteiger partial charge in [-0.05, 0) is 49.6 Å². The van der Waals surface area contributed by atoms with Gasteiger partial charge in [-0.1, -0.05) is 0 Å². The molecule has 2 saturated heterocycles. The van der Waals surface area contributed by atoms with E-state index in [4.69, 9.17) is 10.00 Å². The monoisotopic (exact) mass is 334 g/mol. The average molecular weight is 334 g/mol. The van der Waals surface area contributed by atoms with Crippen molar-refractivity contribution in [2.24, 2.45) is 0 Å². The molecule has 4 rings (SSSR count). The quantitative estimate of drug-likeness (QED) is 0.896. The fraction of sp³-hybridized carbons (Fsp3) is 0.316. The van der Waals surface area contributed by atoms with E-state index in [0.717, 1.165) is 12.8 Å². The van der Waals surface area contributed by atoms with Gasteiger partial charge in [0, 0.05) is 36.0 Å². The van der Waals surface area contributed by atoms with Crippen molar-refractivity contribution >= 4 is 5.91 Å². The Bertz CT molecular complexity index is 828. The fourth-order valence-electron chi connectivity index (χ4n) is 3.57. The molecule has 1 aromatic carbocycles. The number of aromatic nitrogens is 1. The van der Waals surface area contributed by atoms with Crippen LogP contribution in [0.1, 0.15) is 35.2 Å². The van der Waals surface area contributed by atoms with Gasteiger partial charge in [-0.15, -0.1) is 0 Å². The summed E-state index contributed by atoms with van der Waals surface area (Å²) in [4.78, 5) is 16.5. The number of carbonyl (C=O) groups is 1. The predicted octanol–water partition coefficient (Wildman–Crippen LogP) is 2.37. The molecule has 2 aliphatic rings. The van der Waals surface area contributed by atoms with E-state index in [2.05, 4.69) is 15.6 Å². The van der Waals surface area contributed by atoms with E-state index >= 15 is 0 Å². The van der Waals surface area contributed by atoms with Gasteiger partial charge < -0.3 is 15.4 Å². The molecule has 0 radical (unpaired) electrons. The van der Waals surface area contributed by atoms with Crippen LogP contribution in [0, 0.1) is 11.3 Å². The standard InChI is InChI=1S/C19H18N4O2/c20-11-12-7-8-21-18(9-12)25-15-4-1-13(2-5-15)19(24)23-17-10-14-3-6-16(17)22-14/h1-2,4-5,7-9,14,16-17,22H,3,6,10H2,(H,23,24)/t14-,16+,17-/m1/s1. The minimum Gasteiger partial charge on any atom is -0.439 e. The molecule has 0 aliphatic carbocycles. The molecule has 2 fully saturated rings. The third-order valence-corrected chi connectivity index (χ3v) is 4.82. The lowest BCUT2D eigenvalue weighted by Crippen LogP contribution is -2.42. The van der Waals surface area contributed by atoms with Crippen molar-refractivity contribution in [3.63, 3.8) is 0 Å². The zero-order valence-corrected chi connectivity index (χ0v) is 13.6. The van der Waals surface area contributed by atoms with Crippen molar-refractivity contribution in [3.8, 4) is 17.7 Å². The van der Waals surface area contributed by atoms with Crippen LogP contribution in [-0.4, -0.2) is 29.0 Å². The maximum Gasteiger partial charge on any atom is 0.251 e. The molecule has 6 nitrogen and oxygen atoms in total. The molecule has 0 spiro atoms. The number of benzene rings is 1. The van der Waals surface area contributed by atoms with Gasteiger partial charge in [-0.2, -0.15) is 5.26 Å². The third kappa shape index (κ3) is 3.32. The summed E-state index contributed by atoms with van der Waals surface area (Å²) in [7, 11) is 0. The molecule has 0 saturated carbocycles. The molecule has 3 atom stereocenters. The largest absolute Gasteiger partial charge is 0.439 e. The summed E-state index contributed by atoms with van der Waals surface area (Å²) in [6.07, 6.45) is 4.89. The molecule has 2 aliphatic heterocycles. The number of nitrogens with one attached hydrogen (secondary N) is 2. The Morgan fingerprint density at radius 1 is 1.28 bits per heavy atom. The number of amides is 1. The number of rotatable bonds is 4. The summed E-state index contributed by atoms with van der Waals surface area (Å²) in [5, 5.41) is 15.5. The van der Waals surface area contributed by atoms with Crippen molar-refractivity contribution < 1.29 is 9.53 Å². The SMILES string of the molecule is N#Cc1ccnc(Oc2ccc(C(=O)N[C@@H]3C[C@H]4CC[C@@H]3N4)cc2)c1. The molecule has 3 heterocycles. The highest BCUT2D eigenvalue weighted by Crippen LogP contribution is 2.28. The van der Waals surface area contributed by atoms with Crippen LogP contribution >= 0.6 is 0 Å². The maximum absolute atomic E-state index is 12.4. The predicted molar refractivity (Wildman–Crippen MR) is 91.3 cm³/mol. The van der Waals surface area contributed by atoms with Crippen molar-refractivity contribution in [1.82, 2.24) is 15.6 Å². The number of pyridine rings is 1. The van der Waals surface area contributed by atoms with E-state index in [9.17, 15) is 4.79 Å². The Morgan fingerprint density at radius 2 is 2.12 bits per heavy atom. The van der Waals surface area contributed by atoms with Gasteiger partial charge in [-0.3, -0.25) is 4.79 Å². The second-order valence-electron chi connectivity index (χ2n) is 6.48. The van der Waals surface area contributed by atoms with Crippen molar-refractivity contribution in [3.05, 3.63) is 53.7 Å². The highest BCUT2D eigenvalue weighted by Gasteiger charge is 2.39. The van der Waals surface area contributed by atoms with Crippen LogP contribution in [0.3, 0.4) is 0 Å². The van der Waals surface area contributed by atoms with E-state index < -0.39 is 0 Å². The lowest BCUT2D eigenvalue weighted by atomic mass is 9.95. The smallest absolute Gasteiger partial charge is 0.251 e. The maximum atomic E-state index is 12.4. The molecule has 2 N–H and O–H groups in total. The molecule has 25 heavy (non-hydrogen) atoms. The number of hydrogen-bond donors (Lipinski definition) is 2. The Kier molecular flexibility index (Phi) is 4.08. The highest BCUT2D eigenvalue weighted by atomic mass is 16.5. The van der Waals surface area contributed by atoms with E-state index in [1.165, 1.54) is 12.6 Å². The second kappa shape index (κ2) is 6.54. The second-order valence-corrected chi connectivity index (χ2v) is 6.48. The van der Waals surface area contributed by atoms with Crippen LogP contribution in [0.25, 0.3) is 0 Å². The Hall–Kier alpha value is -2.91. The lowest BCUT2D eigenvalue weighted by molar-refractivity contribution is 0.0931. The number of nitriles is 1. The van der Waals surface area contributed by atoms with Crippen molar-refractivity contribution in [1.29, 1.82) is 5.26 Å². The Labute approximate surface area is 145 Å². The summed E-state index contributed by atoms with van der Waals surface area (Å²) >= 11 is 0. The van der Waals surface area contributed by atoms with Crippen LogP contribution in [0.15, 0.2) is 42.6 Å². The van der Waals surface area contributed by atoms with E-state index in [-0.39, 0.29) is 11.9 Å². The molecule has 2 aromatic rings. The minimum atomic E-state index is -0.0597. The van der Waals surface area contributed by atoms with Gasteiger partial charge in [0.15, 0.2) is 0 Å².